The molecule has 13 heteroatoms. The van der Waals surface area contributed by atoms with Gasteiger partial charge in [0.25, 0.3) is 6.43 Å². The van der Waals surface area contributed by atoms with Crippen LogP contribution >= 0.6 is 11.3 Å². The Morgan fingerprint density at radius 2 is 2.06 bits per heavy atom. The zero-order valence-corrected chi connectivity index (χ0v) is 21.3. The van der Waals surface area contributed by atoms with E-state index in [-0.39, 0.29) is 17.2 Å². The molecule has 3 aromatic heterocycles. The summed E-state index contributed by atoms with van der Waals surface area (Å²) in [7, 11) is -1.40. The topological polar surface area (TPSA) is 108 Å². The first-order valence-corrected chi connectivity index (χ1v) is 13.6. The van der Waals surface area contributed by atoms with Gasteiger partial charge in [0.15, 0.2) is 15.8 Å². The molecule has 1 unspecified atom stereocenters. The smallest absolute Gasteiger partial charge is 0.291 e. The molecule has 2 aliphatic heterocycles. The zero-order valence-electron chi connectivity index (χ0n) is 19.6. The number of hydrogen-bond donors (Lipinski definition) is 3. The van der Waals surface area contributed by atoms with Gasteiger partial charge in [-0.2, -0.15) is 0 Å². The van der Waals surface area contributed by atoms with E-state index in [9.17, 15) is 13.0 Å². The molecule has 3 N–H and O–H groups in total. The normalized spacial score (nSPS) is 20.7. The minimum absolute atomic E-state index is 0.0988. The summed E-state index contributed by atoms with van der Waals surface area (Å²) in [4.78, 5) is 7.45. The molecule has 3 aromatic rings. The molecule has 6 rings (SSSR count). The number of nitrogens with zero attached hydrogens (tertiary/aromatic N) is 5. The van der Waals surface area contributed by atoms with Gasteiger partial charge in [-0.25, -0.2) is 22.7 Å². The molecule has 1 aliphatic carbocycles. The van der Waals surface area contributed by atoms with Crippen molar-refractivity contribution in [3.05, 3.63) is 23.5 Å². The van der Waals surface area contributed by atoms with Crippen LogP contribution in [0.2, 0.25) is 0 Å². The summed E-state index contributed by atoms with van der Waals surface area (Å²) in [5.41, 5.74) is 2.00. The number of aliphatic hydroxyl groups excluding tert-OH is 1. The van der Waals surface area contributed by atoms with E-state index in [4.69, 9.17) is 5.11 Å². The maximum absolute atomic E-state index is 13.2. The molecular weight excluding hydrogens is 496 g/mol. The van der Waals surface area contributed by atoms with Crippen molar-refractivity contribution in [1.82, 2.24) is 29.6 Å². The molecule has 1 atom stereocenters. The monoisotopic (exact) mass is 525 g/mol. The number of rotatable bonds is 6. The van der Waals surface area contributed by atoms with Crippen molar-refractivity contribution in [2.75, 3.05) is 37.7 Å². The van der Waals surface area contributed by atoms with E-state index < -0.39 is 17.4 Å². The number of nitrogens with one attached hydrogen (secondary N) is 2. The van der Waals surface area contributed by atoms with Gasteiger partial charge in [0.05, 0.1) is 22.3 Å². The third-order valence-corrected chi connectivity index (χ3v) is 9.00. The van der Waals surface area contributed by atoms with Crippen LogP contribution in [0.5, 0.6) is 0 Å². The third kappa shape index (κ3) is 4.84. The number of alkyl halides is 2. The Morgan fingerprint density at radius 1 is 1.31 bits per heavy atom. The van der Waals surface area contributed by atoms with Crippen LogP contribution < -0.4 is 14.9 Å². The molecule has 0 aromatic carbocycles. The highest BCUT2D eigenvalue weighted by Gasteiger charge is 2.44. The molecule has 1 spiro atoms. The molecule has 2 saturated heterocycles. The van der Waals surface area contributed by atoms with Crippen LogP contribution in [-0.2, 0) is 11.0 Å². The standard InChI is InChI=1S/C20H23F2N7OS2.C2H6O/c1-19(2-3-19)27-32(30)12-6-13(28-5-4-20(11-28)9-23-10-20)14-7-24-16(29(14)8-12)18-26-25-17(31-18)15(21)22;1-2-3/h6-8,15,23,27H,2-5,9-11H2,1H3;3H,2H2,1H3. The predicted molar refractivity (Wildman–Crippen MR) is 131 cm³/mol. The van der Waals surface area contributed by atoms with Gasteiger partial charge in [0.1, 0.15) is 11.0 Å². The molecule has 0 radical (unpaired) electrons. The molecule has 3 fully saturated rings. The number of imidazole rings is 1. The van der Waals surface area contributed by atoms with E-state index in [0.29, 0.717) is 21.1 Å². The lowest BCUT2D eigenvalue weighted by molar-refractivity contribution is 0.150. The minimum atomic E-state index is -2.67. The van der Waals surface area contributed by atoms with E-state index in [1.807, 2.05) is 10.5 Å². The predicted octanol–water partition coefficient (Wildman–Crippen LogP) is 2.75. The van der Waals surface area contributed by atoms with Crippen molar-refractivity contribution >= 4 is 33.5 Å². The van der Waals surface area contributed by atoms with E-state index >= 15 is 0 Å². The Morgan fingerprint density at radius 3 is 2.63 bits per heavy atom. The number of aromatic nitrogens is 4. The number of anilines is 1. The number of hydrogen-bond acceptors (Lipinski definition) is 8. The molecule has 5 heterocycles. The Bertz CT molecular complexity index is 1240. The lowest BCUT2D eigenvalue weighted by Crippen LogP contribution is -2.54. The maximum Gasteiger partial charge on any atom is 0.291 e. The second-order valence-electron chi connectivity index (χ2n) is 9.67. The van der Waals surface area contributed by atoms with Crippen LogP contribution in [0, 0.1) is 5.41 Å². The molecular formula is C22H29F2N7O2S2. The fourth-order valence-electron chi connectivity index (χ4n) is 4.46. The highest BCUT2D eigenvalue weighted by atomic mass is 32.2. The molecule has 0 bridgehead atoms. The van der Waals surface area contributed by atoms with Gasteiger partial charge in [-0.3, -0.25) is 4.40 Å². The highest BCUT2D eigenvalue weighted by molar-refractivity contribution is 7.83. The van der Waals surface area contributed by atoms with Gasteiger partial charge in [0, 0.05) is 49.9 Å². The van der Waals surface area contributed by atoms with Crippen molar-refractivity contribution < 1.29 is 18.1 Å². The summed E-state index contributed by atoms with van der Waals surface area (Å²) in [6, 6.07) is 1.98. The number of pyridine rings is 1. The molecule has 1 saturated carbocycles. The molecule has 35 heavy (non-hydrogen) atoms. The summed E-state index contributed by atoms with van der Waals surface area (Å²) in [6.45, 7) is 7.85. The van der Waals surface area contributed by atoms with Crippen molar-refractivity contribution in [2.45, 2.75) is 50.0 Å². The molecule has 0 amide bonds. The van der Waals surface area contributed by atoms with Gasteiger partial charge in [-0.15, -0.1) is 10.2 Å². The molecule has 9 nitrogen and oxygen atoms in total. The number of fused-ring (bicyclic) bond motifs is 1. The average molecular weight is 526 g/mol. The summed E-state index contributed by atoms with van der Waals surface area (Å²) in [5, 5.41) is 18.5. The average Bonchev–Trinajstić information content (AvgIpc) is 3.26. The second-order valence-corrected chi connectivity index (χ2v) is 11.9. The van der Waals surface area contributed by atoms with Crippen molar-refractivity contribution in [3.8, 4) is 10.8 Å². The zero-order chi connectivity index (χ0) is 24.8. The fourth-order valence-corrected chi connectivity index (χ4v) is 6.34. The van der Waals surface area contributed by atoms with Crippen LogP contribution in [0.4, 0.5) is 14.5 Å². The lowest BCUT2D eigenvalue weighted by Gasteiger charge is -2.39. The highest BCUT2D eigenvalue weighted by Crippen LogP contribution is 2.40. The first-order chi connectivity index (χ1) is 16.8. The first kappa shape index (κ1) is 24.6. The Labute approximate surface area is 208 Å². The molecule has 3 aliphatic rings. The Balaban J connectivity index is 0.000000806. The maximum atomic E-state index is 13.2. The van der Waals surface area contributed by atoms with Gasteiger partial charge in [-0.05, 0) is 39.2 Å². The summed E-state index contributed by atoms with van der Waals surface area (Å²) in [5.74, 6) is 0.432. The van der Waals surface area contributed by atoms with Crippen molar-refractivity contribution in [3.63, 3.8) is 0 Å². The summed E-state index contributed by atoms with van der Waals surface area (Å²) in [6.07, 6.45) is 3.92. The van der Waals surface area contributed by atoms with Crippen LogP contribution in [0.1, 0.15) is 44.5 Å². The second kappa shape index (κ2) is 9.43. The van der Waals surface area contributed by atoms with E-state index in [0.717, 1.165) is 68.0 Å². The van der Waals surface area contributed by atoms with E-state index in [1.54, 1.807) is 19.3 Å². The lowest BCUT2D eigenvalue weighted by atomic mass is 9.81. The Kier molecular flexibility index (Phi) is 6.64. The van der Waals surface area contributed by atoms with E-state index in [1.165, 1.54) is 0 Å². The van der Waals surface area contributed by atoms with E-state index in [2.05, 4.69) is 37.0 Å². The van der Waals surface area contributed by atoms with Gasteiger partial charge in [-0.1, -0.05) is 11.3 Å². The largest absolute Gasteiger partial charge is 0.397 e. The third-order valence-electron chi connectivity index (χ3n) is 6.75. The number of halogens is 2. The summed E-state index contributed by atoms with van der Waals surface area (Å²) < 4.78 is 44.4. The SMILES string of the molecule is CC1(NS(=O)c2cc(N3CCC4(CNC4)C3)c3cnc(-c4nnc(C(F)F)s4)n3c2)CC1.CCO. The fraction of sp³-hybridized carbons (Fsp3) is 0.591. The van der Waals surface area contributed by atoms with Crippen LogP contribution in [0.25, 0.3) is 16.3 Å². The van der Waals surface area contributed by atoms with Crippen molar-refractivity contribution in [2.24, 2.45) is 5.41 Å². The van der Waals surface area contributed by atoms with Gasteiger partial charge in [0.2, 0.25) is 0 Å². The van der Waals surface area contributed by atoms with Crippen molar-refractivity contribution in [1.29, 1.82) is 0 Å². The molecule has 190 valence electrons. The Hall–Kier alpha value is -2.06. The summed E-state index contributed by atoms with van der Waals surface area (Å²) >= 11 is 0.830. The minimum Gasteiger partial charge on any atom is -0.397 e. The quantitative estimate of drug-likeness (QED) is 0.454. The number of aliphatic hydroxyl groups is 1. The van der Waals surface area contributed by atoms with Gasteiger partial charge >= 0.3 is 0 Å². The van der Waals surface area contributed by atoms with Crippen LogP contribution in [-0.4, -0.2) is 67.2 Å². The van der Waals surface area contributed by atoms with Gasteiger partial charge < -0.3 is 15.3 Å². The van der Waals surface area contributed by atoms with Crippen LogP contribution in [0.3, 0.4) is 0 Å². The first-order valence-electron chi connectivity index (χ1n) is 11.7. The van der Waals surface area contributed by atoms with Crippen LogP contribution in [0.15, 0.2) is 23.4 Å².